The molecule has 0 unspecified atom stereocenters. The molecule has 0 radical (unpaired) electrons. The van der Waals surface area contributed by atoms with E-state index < -0.39 is 0 Å². The zero-order valence-electron chi connectivity index (χ0n) is 10.5. The fourth-order valence-electron chi connectivity index (χ4n) is 1.59. The Labute approximate surface area is 120 Å². The van der Waals surface area contributed by atoms with Gasteiger partial charge in [-0.2, -0.15) is 10.2 Å². The Bertz CT molecular complexity index is 585. The van der Waals surface area contributed by atoms with Gasteiger partial charge in [-0.25, -0.2) is 0 Å². The molecule has 0 saturated carbocycles. The lowest BCUT2D eigenvalue weighted by molar-refractivity contribution is -0.122. The lowest BCUT2D eigenvalue weighted by Gasteiger charge is -2.07. The van der Waals surface area contributed by atoms with E-state index in [1.165, 1.54) is 6.20 Å². The molecule has 102 valence electrons. The van der Waals surface area contributed by atoms with Crippen LogP contribution in [0.4, 0.5) is 0 Å². The molecule has 0 aliphatic heterocycles. The highest BCUT2D eigenvalue weighted by atomic mass is 35.5. The van der Waals surface area contributed by atoms with Crippen LogP contribution in [0.15, 0.2) is 12.4 Å². The van der Waals surface area contributed by atoms with Crippen LogP contribution in [0.25, 0.3) is 0 Å². The van der Waals surface area contributed by atoms with E-state index in [4.69, 9.17) is 23.2 Å². The summed E-state index contributed by atoms with van der Waals surface area (Å²) in [6.07, 6.45) is 3.06. The second-order valence-corrected chi connectivity index (χ2v) is 4.89. The monoisotopic (exact) mass is 301 g/mol. The van der Waals surface area contributed by atoms with Crippen molar-refractivity contribution in [3.05, 3.63) is 33.8 Å². The first-order valence-electron chi connectivity index (χ1n) is 5.60. The Morgan fingerprint density at radius 2 is 2.00 bits per heavy atom. The van der Waals surface area contributed by atoms with Crippen LogP contribution in [0, 0.1) is 6.92 Å². The zero-order chi connectivity index (χ0) is 14.0. The predicted octanol–water partition coefficient (Wildman–Crippen LogP) is 1.55. The number of carbonyl (C=O) groups excluding carboxylic acids is 1. The quantitative estimate of drug-likeness (QED) is 0.932. The summed E-state index contributed by atoms with van der Waals surface area (Å²) >= 11 is 11.8. The van der Waals surface area contributed by atoms with Crippen LogP contribution in [-0.4, -0.2) is 25.5 Å². The van der Waals surface area contributed by atoms with Crippen molar-refractivity contribution >= 4 is 29.1 Å². The van der Waals surface area contributed by atoms with Crippen molar-refractivity contribution in [2.75, 3.05) is 0 Å². The fourth-order valence-corrected chi connectivity index (χ4v) is 1.97. The van der Waals surface area contributed by atoms with Gasteiger partial charge >= 0.3 is 0 Å². The summed E-state index contributed by atoms with van der Waals surface area (Å²) in [6, 6.07) is 0. The highest BCUT2D eigenvalue weighted by Crippen LogP contribution is 2.14. The Hall–Kier alpha value is -1.53. The van der Waals surface area contributed by atoms with Crippen LogP contribution in [0.3, 0.4) is 0 Å². The van der Waals surface area contributed by atoms with E-state index >= 15 is 0 Å². The summed E-state index contributed by atoms with van der Waals surface area (Å²) in [5, 5.41) is 11.8. The minimum atomic E-state index is -0.167. The van der Waals surface area contributed by atoms with Crippen molar-refractivity contribution < 1.29 is 4.79 Å². The van der Waals surface area contributed by atoms with Gasteiger partial charge in [0, 0.05) is 7.05 Å². The van der Waals surface area contributed by atoms with Crippen LogP contribution < -0.4 is 5.32 Å². The van der Waals surface area contributed by atoms with Crippen molar-refractivity contribution in [1.82, 2.24) is 24.9 Å². The van der Waals surface area contributed by atoms with Crippen molar-refractivity contribution in [1.29, 1.82) is 0 Å². The molecule has 8 heteroatoms. The largest absolute Gasteiger partial charge is 0.349 e. The first-order chi connectivity index (χ1) is 8.99. The van der Waals surface area contributed by atoms with Crippen LogP contribution in [0.5, 0.6) is 0 Å². The molecule has 2 heterocycles. The number of hydrogen-bond acceptors (Lipinski definition) is 3. The molecular weight excluding hydrogens is 289 g/mol. The van der Waals surface area contributed by atoms with Crippen LogP contribution in [-0.2, 0) is 24.9 Å². The Kier molecular flexibility index (Phi) is 4.11. The van der Waals surface area contributed by atoms with Crippen molar-refractivity contribution in [2.45, 2.75) is 20.0 Å². The molecule has 1 amide bonds. The number of aryl methyl sites for hydroxylation is 1. The Morgan fingerprint density at radius 3 is 2.53 bits per heavy atom. The topological polar surface area (TPSA) is 64.7 Å². The van der Waals surface area contributed by atoms with Gasteiger partial charge in [0.15, 0.2) is 0 Å². The summed E-state index contributed by atoms with van der Waals surface area (Å²) in [6.45, 7) is 2.25. The van der Waals surface area contributed by atoms with Crippen LogP contribution in [0.1, 0.15) is 11.4 Å². The van der Waals surface area contributed by atoms with Crippen LogP contribution in [0.2, 0.25) is 10.0 Å². The number of hydrogen-bond donors (Lipinski definition) is 1. The van der Waals surface area contributed by atoms with Gasteiger partial charge in [0.25, 0.3) is 0 Å². The van der Waals surface area contributed by atoms with Gasteiger partial charge in [-0.3, -0.25) is 14.2 Å². The number of amides is 1. The predicted molar refractivity (Wildman–Crippen MR) is 72.0 cm³/mol. The third-order valence-electron chi connectivity index (χ3n) is 2.80. The van der Waals surface area contributed by atoms with E-state index in [0.717, 1.165) is 11.4 Å². The molecule has 0 bridgehead atoms. The van der Waals surface area contributed by atoms with Gasteiger partial charge in [-0.1, -0.05) is 23.2 Å². The van der Waals surface area contributed by atoms with Crippen molar-refractivity contribution in [3.63, 3.8) is 0 Å². The third kappa shape index (κ3) is 3.08. The molecule has 0 atom stereocenters. The van der Waals surface area contributed by atoms with E-state index in [9.17, 15) is 4.79 Å². The van der Waals surface area contributed by atoms with Crippen molar-refractivity contribution in [2.24, 2.45) is 7.05 Å². The van der Waals surface area contributed by atoms with Gasteiger partial charge in [0.1, 0.15) is 6.54 Å². The molecular formula is C11H13Cl2N5O. The molecule has 19 heavy (non-hydrogen) atoms. The van der Waals surface area contributed by atoms with Gasteiger partial charge < -0.3 is 5.32 Å². The Morgan fingerprint density at radius 1 is 1.32 bits per heavy atom. The maximum atomic E-state index is 11.8. The molecule has 2 rings (SSSR count). The molecule has 2 aromatic heterocycles. The zero-order valence-corrected chi connectivity index (χ0v) is 12.0. The molecule has 0 fully saturated rings. The summed E-state index contributed by atoms with van der Waals surface area (Å²) < 4.78 is 3.17. The van der Waals surface area contributed by atoms with Crippen LogP contribution >= 0.6 is 23.2 Å². The number of aromatic nitrogens is 4. The first kappa shape index (κ1) is 13.9. The van der Waals surface area contributed by atoms with Crippen molar-refractivity contribution in [3.8, 4) is 0 Å². The lowest BCUT2D eigenvalue weighted by Crippen LogP contribution is -2.28. The SMILES string of the molecule is Cc1c(Cl)cnn1CC(=O)NCc1c(Cl)cnn1C. The maximum Gasteiger partial charge on any atom is 0.242 e. The standard InChI is InChI=1S/C11H13Cl2N5O/c1-7-8(12)3-16-18(7)6-11(19)14-5-10-9(13)4-15-17(10)2/h3-4H,5-6H2,1-2H3,(H,14,19). The second kappa shape index (κ2) is 5.63. The molecule has 0 aromatic carbocycles. The smallest absolute Gasteiger partial charge is 0.242 e. The minimum absolute atomic E-state index is 0.119. The number of halogens is 2. The maximum absolute atomic E-state index is 11.8. The number of rotatable bonds is 4. The fraction of sp³-hybridized carbons (Fsp3) is 0.364. The molecule has 1 N–H and O–H groups in total. The third-order valence-corrected chi connectivity index (χ3v) is 3.49. The first-order valence-corrected chi connectivity index (χ1v) is 6.35. The summed E-state index contributed by atoms with van der Waals surface area (Å²) in [7, 11) is 1.77. The molecule has 0 saturated heterocycles. The van der Waals surface area contributed by atoms with Gasteiger partial charge in [0.05, 0.1) is 40.4 Å². The van der Waals surface area contributed by atoms with E-state index in [2.05, 4.69) is 15.5 Å². The van der Waals surface area contributed by atoms with E-state index in [1.807, 2.05) is 0 Å². The average Bonchev–Trinajstić information content (AvgIpc) is 2.85. The molecule has 0 spiro atoms. The van der Waals surface area contributed by atoms with E-state index in [1.54, 1.807) is 29.5 Å². The number of nitrogens with one attached hydrogen (secondary N) is 1. The minimum Gasteiger partial charge on any atom is -0.349 e. The second-order valence-electron chi connectivity index (χ2n) is 4.08. The molecule has 0 aliphatic rings. The summed E-state index contributed by atoms with van der Waals surface area (Å²) in [5.41, 5.74) is 1.51. The summed E-state index contributed by atoms with van der Waals surface area (Å²) in [5.74, 6) is -0.167. The highest BCUT2D eigenvalue weighted by molar-refractivity contribution is 6.31. The lowest BCUT2D eigenvalue weighted by atomic mass is 10.4. The van der Waals surface area contributed by atoms with Gasteiger partial charge in [0.2, 0.25) is 5.91 Å². The number of carbonyl (C=O) groups is 1. The molecule has 6 nitrogen and oxygen atoms in total. The highest BCUT2D eigenvalue weighted by Gasteiger charge is 2.11. The average molecular weight is 302 g/mol. The molecule has 0 aliphatic carbocycles. The van der Waals surface area contributed by atoms with Gasteiger partial charge in [-0.15, -0.1) is 0 Å². The normalized spacial score (nSPS) is 10.7. The Balaban J connectivity index is 1.94. The van der Waals surface area contributed by atoms with Gasteiger partial charge in [-0.05, 0) is 6.92 Å². The number of nitrogens with zero attached hydrogens (tertiary/aromatic N) is 4. The summed E-state index contributed by atoms with van der Waals surface area (Å²) in [4.78, 5) is 11.8. The van der Waals surface area contributed by atoms with E-state index in [-0.39, 0.29) is 12.5 Å². The molecule has 2 aromatic rings. The van der Waals surface area contributed by atoms with E-state index in [0.29, 0.717) is 16.6 Å².